The summed E-state index contributed by atoms with van der Waals surface area (Å²) in [5.74, 6) is -1.83. The van der Waals surface area contributed by atoms with Crippen LogP contribution < -0.4 is 0 Å². The highest BCUT2D eigenvalue weighted by molar-refractivity contribution is 5.94. The van der Waals surface area contributed by atoms with Gasteiger partial charge >= 0.3 is 5.97 Å². The molecule has 0 spiro atoms. The quantitative estimate of drug-likeness (QED) is 0.666. The number of hydrogen-bond acceptors (Lipinski definition) is 4. The van der Waals surface area contributed by atoms with Gasteiger partial charge in [-0.2, -0.15) is 0 Å². The van der Waals surface area contributed by atoms with Gasteiger partial charge in [-0.3, -0.25) is 19.7 Å². The first kappa shape index (κ1) is 15.0. The molecule has 1 aromatic heterocycles. The first-order chi connectivity index (χ1) is 9.93. The van der Waals surface area contributed by atoms with E-state index < -0.39 is 16.8 Å². The van der Waals surface area contributed by atoms with Crippen molar-refractivity contribution in [2.24, 2.45) is 5.92 Å². The molecule has 1 aromatic rings. The maximum Gasteiger partial charge on any atom is 0.308 e. The highest BCUT2D eigenvalue weighted by Gasteiger charge is 2.30. The van der Waals surface area contributed by atoms with E-state index in [0.29, 0.717) is 25.9 Å². The summed E-state index contributed by atoms with van der Waals surface area (Å²) in [5.41, 5.74) is 0.0993. The second kappa shape index (κ2) is 5.94. The lowest BCUT2D eigenvalue weighted by atomic mass is 9.98. The van der Waals surface area contributed by atoms with Crippen molar-refractivity contribution in [2.75, 3.05) is 13.1 Å². The van der Waals surface area contributed by atoms with E-state index in [-0.39, 0.29) is 23.8 Å². The normalized spacial score (nSPS) is 18.5. The van der Waals surface area contributed by atoms with Crippen LogP contribution in [0.25, 0.3) is 0 Å². The molecule has 1 fully saturated rings. The van der Waals surface area contributed by atoms with Crippen molar-refractivity contribution in [3.05, 3.63) is 28.1 Å². The first-order valence-corrected chi connectivity index (χ1v) is 6.80. The van der Waals surface area contributed by atoms with Crippen molar-refractivity contribution in [3.8, 4) is 0 Å². The van der Waals surface area contributed by atoms with Crippen molar-refractivity contribution in [1.82, 2.24) is 9.47 Å². The SMILES string of the molecule is CCn1cc([N+](=O)[O-])cc1C(=O)N1CCCC(C(=O)O)C1. The van der Waals surface area contributed by atoms with Gasteiger partial charge in [0.05, 0.1) is 17.0 Å². The monoisotopic (exact) mass is 295 g/mol. The third-order valence-electron chi connectivity index (χ3n) is 3.71. The molecule has 2 heterocycles. The van der Waals surface area contributed by atoms with Crippen molar-refractivity contribution in [3.63, 3.8) is 0 Å². The Morgan fingerprint density at radius 2 is 2.24 bits per heavy atom. The molecule has 1 aliphatic rings. The van der Waals surface area contributed by atoms with Crippen molar-refractivity contribution >= 4 is 17.6 Å². The fourth-order valence-electron chi connectivity index (χ4n) is 2.56. The number of hydrogen-bond donors (Lipinski definition) is 1. The number of carboxylic acid groups (broad SMARTS) is 1. The van der Waals surface area contributed by atoms with Crippen LogP contribution in [-0.2, 0) is 11.3 Å². The lowest BCUT2D eigenvalue weighted by Gasteiger charge is -2.30. The summed E-state index contributed by atoms with van der Waals surface area (Å²) < 4.78 is 1.52. The van der Waals surface area contributed by atoms with Gasteiger partial charge < -0.3 is 14.6 Å². The minimum atomic E-state index is -0.913. The molecule has 1 N–H and O–H groups in total. The lowest BCUT2D eigenvalue weighted by Crippen LogP contribution is -2.42. The molecule has 2 rings (SSSR count). The molecular formula is C13H17N3O5. The number of aromatic nitrogens is 1. The van der Waals surface area contributed by atoms with Gasteiger partial charge in [-0.25, -0.2) is 0 Å². The fraction of sp³-hybridized carbons (Fsp3) is 0.538. The van der Waals surface area contributed by atoms with Gasteiger partial charge in [-0.1, -0.05) is 0 Å². The van der Waals surface area contributed by atoms with E-state index in [2.05, 4.69) is 0 Å². The van der Waals surface area contributed by atoms with Crippen LogP contribution in [0.4, 0.5) is 5.69 Å². The standard InChI is InChI=1S/C13H17N3O5/c1-2-14-8-10(16(20)21)6-11(14)12(17)15-5-3-4-9(7-15)13(18)19/h6,8-9H,2-5,7H2,1H3,(H,18,19). The second-order valence-corrected chi connectivity index (χ2v) is 5.06. The highest BCUT2D eigenvalue weighted by Crippen LogP contribution is 2.22. The Morgan fingerprint density at radius 3 is 2.81 bits per heavy atom. The molecule has 1 amide bonds. The largest absolute Gasteiger partial charge is 0.481 e. The Bertz CT molecular complexity index is 580. The number of nitro groups is 1. The van der Waals surface area contributed by atoms with Gasteiger partial charge in [0.25, 0.3) is 11.6 Å². The number of carbonyl (C=O) groups excluding carboxylic acids is 1. The minimum Gasteiger partial charge on any atom is -0.481 e. The number of piperidine rings is 1. The van der Waals surface area contributed by atoms with Crippen LogP contribution >= 0.6 is 0 Å². The predicted octanol–water partition coefficient (Wildman–Crippen LogP) is 1.35. The van der Waals surface area contributed by atoms with E-state index in [4.69, 9.17) is 5.11 Å². The van der Waals surface area contributed by atoms with Crippen LogP contribution in [0, 0.1) is 16.0 Å². The smallest absolute Gasteiger partial charge is 0.308 e. The summed E-state index contributed by atoms with van der Waals surface area (Å²) in [5, 5.41) is 19.9. The predicted molar refractivity (Wildman–Crippen MR) is 73.0 cm³/mol. The van der Waals surface area contributed by atoms with Gasteiger partial charge in [0.2, 0.25) is 0 Å². The maximum absolute atomic E-state index is 12.5. The molecule has 8 nitrogen and oxygen atoms in total. The molecule has 1 unspecified atom stereocenters. The molecule has 0 aliphatic carbocycles. The molecule has 0 radical (unpaired) electrons. The zero-order valence-electron chi connectivity index (χ0n) is 11.7. The van der Waals surface area contributed by atoms with Crippen LogP contribution in [0.2, 0.25) is 0 Å². The summed E-state index contributed by atoms with van der Waals surface area (Å²) in [4.78, 5) is 35.3. The average Bonchev–Trinajstić information content (AvgIpc) is 2.91. The van der Waals surface area contributed by atoms with E-state index in [1.54, 1.807) is 6.92 Å². The lowest BCUT2D eigenvalue weighted by molar-refractivity contribution is -0.384. The molecule has 0 saturated carbocycles. The number of carbonyl (C=O) groups is 2. The van der Waals surface area contributed by atoms with Gasteiger partial charge in [0, 0.05) is 25.7 Å². The van der Waals surface area contributed by atoms with Crippen LogP contribution in [-0.4, -0.2) is 44.5 Å². The summed E-state index contributed by atoms with van der Waals surface area (Å²) in [7, 11) is 0. The topological polar surface area (TPSA) is 106 Å². The summed E-state index contributed by atoms with van der Waals surface area (Å²) in [6.45, 7) is 2.85. The van der Waals surface area contributed by atoms with Crippen LogP contribution in [0.3, 0.4) is 0 Å². The Kier molecular flexibility index (Phi) is 4.25. The molecule has 0 aromatic carbocycles. The average molecular weight is 295 g/mol. The van der Waals surface area contributed by atoms with E-state index in [1.165, 1.54) is 21.7 Å². The third kappa shape index (κ3) is 3.04. The number of aliphatic carboxylic acids is 1. The Hall–Kier alpha value is -2.38. The van der Waals surface area contributed by atoms with Gasteiger partial charge in [0.15, 0.2) is 0 Å². The highest BCUT2D eigenvalue weighted by atomic mass is 16.6. The Morgan fingerprint density at radius 1 is 1.52 bits per heavy atom. The first-order valence-electron chi connectivity index (χ1n) is 6.80. The fourth-order valence-corrected chi connectivity index (χ4v) is 2.56. The Balaban J connectivity index is 2.23. The minimum absolute atomic E-state index is 0.132. The van der Waals surface area contributed by atoms with Gasteiger partial charge in [0.1, 0.15) is 5.69 Å². The molecule has 114 valence electrons. The molecule has 1 aliphatic heterocycles. The van der Waals surface area contributed by atoms with Crippen molar-refractivity contribution < 1.29 is 19.6 Å². The van der Waals surface area contributed by atoms with E-state index in [1.807, 2.05) is 0 Å². The zero-order valence-corrected chi connectivity index (χ0v) is 11.7. The third-order valence-corrected chi connectivity index (χ3v) is 3.71. The van der Waals surface area contributed by atoms with Crippen LogP contribution in [0.15, 0.2) is 12.3 Å². The number of likely N-dealkylation sites (tertiary alicyclic amines) is 1. The number of nitrogens with zero attached hydrogens (tertiary/aromatic N) is 3. The zero-order chi connectivity index (χ0) is 15.6. The molecule has 21 heavy (non-hydrogen) atoms. The Labute approximate surface area is 121 Å². The summed E-state index contributed by atoms with van der Waals surface area (Å²) in [6, 6.07) is 1.25. The molecule has 0 bridgehead atoms. The molecule has 1 atom stereocenters. The van der Waals surface area contributed by atoms with Crippen LogP contribution in [0.1, 0.15) is 30.3 Å². The molecule has 1 saturated heterocycles. The van der Waals surface area contributed by atoms with Crippen LogP contribution in [0.5, 0.6) is 0 Å². The van der Waals surface area contributed by atoms with E-state index in [0.717, 1.165) is 0 Å². The second-order valence-electron chi connectivity index (χ2n) is 5.06. The molecule has 8 heteroatoms. The van der Waals surface area contributed by atoms with E-state index in [9.17, 15) is 19.7 Å². The summed E-state index contributed by atoms with van der Waals surface area (Å²) >= 11 is 0. The van der Waals surface area contributed by atoms with Gasteiger partial charge in [-0.05, 0) is 19.8 Å². The number of aryl methyl sites for hydroxylation is 1. The van der Waals surface area contributed by atoms with E-state index >= 15 is 0 Å². The maximum atomic E-state index is 12.5. The number of carboxylic acids is 1. The van der Waals surface area contributed by atoms with Crippen molar-refractivity contribution in [2.45, 2.75) is 26.3 Å². The molecular weight excluding hydrogens is 278 g/mol. The van der Waals surface area contributed by atoms with Crippen molar-refractivity contribution in [1.29, 1.82) is 0 Å². The number of rotatable bonds is 4. The number of amides is 1. The van der Waals surface area contributed by atoms with Gasteiger partial charge in [-0.15, -0.1) is 0 Å². The summed E-state index contributed by atoms with van der Waals surface area (Å²) in [6.07, 6.45) is 2.50.